The minimum atomic E-state index is -0.196. The van der Waals surface area contributed by atoms with E-state index in [2.05, 4.69) is 15.3 Å². The van der Waals surface area contributed by atoms with Crippen LogP contribution in [0.4, 0.5) is 5.69 Å². The minimum absolute atomic E-state index is 0.0229. The average Bonchev–Trinajstić information content (AvgIpc) is 2.86. The number of nitrogens with zero attached hydrogens (tertiary/aromatic N) is 1. The SMILES string of the molecule is Cc1nc2ccc(NC(=O)COc3ccccc3C)cc2[nH]1. The standard InChI is InChI=1S/C17H17N3O2/c1-11-5-3-4-6-16(11)22-10-17(21)20-13-7-8-14-15(9-13)19-12(2)18-14/h3-9H,10H2,1-2H3,(H,18,19)(H,20,21). The molecule has 0 aliphatic rings. The molecule has 0 radical (unpaired) electrons. The number of H-pyrrole nitrogens is 1. The van der Waals surface area contributed by atoms with E-state index in [1.807, 2.05) is 56.3 Å². The van der Waals surface area contributed by atoms with Gasteiger partial charge in [0.05, 0.1) is 11.0 Å². The van der Waals surface area contributed by atoms with Gasteiger partial charge in [0, 0.05) is 5.69 Å². The van der Waals surface area contributed by atoms with Crippen LogP contribution in [0.2, 0.25) is 0 Å². The van der Waals surface area contributed by atoms with Crippen LogP contribution in [0.25, 0.3) is 11.0 Å². The Hall–Kier alpha value is -2.82. The zero-order chi connectivity index (χ0) is 15.5. The molecule has 22 heavy (non-hydrogen) atoms. The van der Waals surface area contributed by atoms with Crippen molar-refractivity contribution in [3.63, 3.8) is 0 Å². The number of nitrogens with one attached hydrogen (secondary N) is 2. The van der Waals surface area contributed by atoms with Crippen LogP contribution >= 0.6 is 0 Å². The van der Waals surface area contributed by atoms with Crippen molar-refractivity contribution in [1.29, 1.82) is 0 Å². The fraction of sp³-hybridized carbons (Fsp3) is 0.176. The lowest BCUT2D eigenvalue weighted by Gasteiger charge is -2.09. The Morgan fingerprint density at radius 2 is 2.05 bits per heavy atom. The number of carbonyl (C=O) groups excluding carboxylic acids is 1. The molecule has 0 atom stereocenters. The van der Waals surface area contributed by atoms with Gasteiger partial charge in [-0.25, -0.2) is 4.98 Å². The monoisotopic (exact) mass is 295 g/mol. The summed E-state index contributed by atoms with van der Waals surface area (Å²) in [5.41, 5.74) is 3.50. The van der Waals surface area contributed by atoms with Gasteiger partial charge < -0.3 is 15.0 Å². The van der Waals surface area contributed by atoms with Gasteiger partial charge in [-0.15, -0.1) is 0 Å². The minimum Gasteiger partial charge on any atom is -0.483 e. The molecule has 1 aromatic heterocycles. The van der Waals surface area contributed by atoms with Gasteiger partial charge in [-0.1, -0.05) is 18.2 Å². The molecule has 2 aromatic carbocycles. The van der Waals surface area contributed by atoms with Crippen LogP contribution in [-0.4, -0.2) is 22.5 Å². The van der Waals surface area contributed by atoms with Gasteiger partial charge in [-0.2, -0.15) is 0 Å². The van der Waals surface area contributed by atoms with E-state index in [-0.39, 0.29) is 12.5 Å². The van der Waals surface area contributed by atoms with Crippen molar-refractivity contribution in [2.24, 2.45) is 0 Å². The van der Waals surface area contributed by atoms with Crippen LogP contribution in [0.5, 0.6) is 5.75 Å². The van der Waals surface area contributed by atoms with E-state index in [9.17, 15) is 4.79 Å². The molecule has 2 N–H and O–H groups in total. The highest BCUT2D eigenvalue weighted by Crippen LogP contribution is 2.18. The van der Waals surface area contributed by atoms with Crippen LogP contribution in [0.1, 0.15) is 11.4 Å². The largest absolute Gasteiger partial charge is 0.483 e. The van der Waals surface area contributed by atoms with Crippen molar-refractivity contribution < 1.29 is 9.53 Å². The lowest BCUT2D eigenvalue weighted by Crippen LogP contribution is -2.20. The lowest BCUT2D eigenvalue weighted by molar-refractivity contribution is -0.118. The van der Waals surface area contributed by atoms with Crippen LogP contribution in [-0.2, 0) is 4.79 Å². The summed E-state index contributed by atoms with van der Waals surface area (Å²) in [6, 6.07) is 13.2. The van der Waals surface area contributed by atoms with Crippen molar-refractivity contribution in [2.45, 2.75) is 13.8 Å². The second kappa shape index (κ2) is 5.89. The Kier molecular flexibility index (Phi) is 3.78. The van der Waals surface area contributed by atoms with Crippen molar-refractivity contribution in [1.82, 2.24) is 9.97 Å². The lowest BCUT2D eigenvalue weighted by atomic mass is 10.2. The number of aromatic amines is 1. The maximum absolute atomic E-state index is 12.0. The molecule has 0 aliphatic carbocycles. The first kappa shape index (κ1) is 14.1. The van der Waals surface area contributed by atoms with Gasteiger partial charge in [0.15, 0.2) is 6.61 Å². The summed E-state index contributed by atoms with van der Waals surface area (Å²) in [4.78, 5) is 19.4. The molecule has 112 valence electrons. The van der Waals surface area contributed by atoms with Gasteiger partial charge in [-0.05, 0) is 43.7 Å². The molecule has 0 bridgehead atoms. The van der Waals surface area contributed by atoms with Gasteiger partial charge in [-0.3, -0.25) is 4.79 Å². The highest BCUT2D eigenvalue weighted by atomic mass is 16.5. The van der Waals surface area contributed by atoms with Gasteiger partial charge in [0.25, 0.3) is 5.91 Å². The Labute approximate surface area is 128 Å². The number of anilines is 1. The van der Waals surface area contributed by atoms with Gasteiger partial charge in [0.2, 0.25) is 0 Å². The summed E-state index contributed by atoms with van der Waals surface area (Å²) >= 11 is 0. The maximum Gasteiger partial charge on any atom is 0.262 e. The molecule has 0 unspecified atom stereocenters. The summed E-state index contributed by atoms with van der Waals surface area (Å²) in [5, 5.41) is 2.82. The molecular weight excluding hydrogens is 278 g/mol. The number of ether oxygens (including phenoxy) is 1. The number of benzene rings is 2. The van der Waals surface area contributed by atoms with Gasteiger partial charge in [0.1, 0.15) is 11.6 Å². The van der Waals surface area contributed by atoms with Crippen LogP contribution in [0.15, 0.2) is 42.5 Å². The van der Waals surface area contributed by atoms with Crippen LogP contribution in [0, 0.1) is 13.8 Å². The summed E-state index contributed by atoms with van der Waals surface area (Å²) < 4.78 is 5.53. The van der Waals surface area contributed by atoms with E-state index < -0.39 is 0 Å². The van der Waals surface area contributed by atoms with Gasteiger partial charge >= 0.3 is 0 Å². The molecule has 5 heteroatoms. The third kappa shape index (κ3) is 3.09. The Morgan fingerprint density at radius 1 is 1.23 bits per heavy atom. The fourth-order valence-corrected chi connectivity index (χ4v) is 2.27. The van der Waals surface area contributed by atoms with E-state index in [1.165, 1.54) is 0 Å². The third-order valence-corrected chi connectivity index (χ3v) is 3.34. The molecule has 0 saturated heterocycles. The Bertz CT molecular complexity index is 824. The first-order valence-electron chi connectivity index (χ1n) is 7.06. The van der Waals surface area contributed by atoms with E-state index in [0.717, 1.165) is 33.9 Å². The fourth-order valence-electron chi connectivity index (χ4n) is 2.27. The number of amides is 1. The molecule has 1 heterocycles. The topological polar surface area (TPSA) is 67.0 Å². The number of hydrogen-bond donors (Lipinski definition) is 2. The molecule has 0 fully saturated rings. The molecule has 3 aromatic rings. The molecular formula is C17H17N3O2. The number of aromatic nitrogens is 2. The second-order valence-electron chi connectivity index (χ2n) is 5.16. The average molecular weight is 295 g/mol. The Morgan fingerprint density at radius 3 is 2.86 bits per heavy atom. The number of imidazole rings is 1. The molecule has 5 nitrogen and oxygen atoms in total. The summed E-state index contributed by atoms with van der Waals surface area (Å²) in [5.74, 6) is 1.37. The number of rotatable bonds is 4. The highest BCUT2D eigenvalue weighted by molar-refractivity contribution is 5.94. The number of fused-ring (bicyclic) bond motifs is 1. The third-order valence-electron chi connectivity index (χ3n) is 3.34. The predicted octanol–water partition coefficient (Wildman–Crippen LogP) is 3.20. The van der Waals surface area contributed by atoms with Crippen LogP contribution in [0.3, 0.4) is 0 Å². The second-order valence-corrected chi connectivity index (χ2v) is 5.16. The van der Waals surface area contributed by atoms with Crippen molar-refractivity contribution in [3.05, 3.63) is 53.9 Å². The zero-order valence-electron chi connectivity index (χ0n) is 12.5. The summed E-state index contributed by atoms with van der Waals surface area (Å²) in [6.07, 6.45) is 0. The number of hydrogen-bond acceptors (Lipinski definition) is 3. The molecule has 0 saturated carbocycles. The van der Waals surface area contributed by atoms with Crippen molar-refractivity contribution in [2.75, 3.05) is 11.9 Å². The first-order valence-corrected chi connectivity index (χ1v) is 7.06. The van der Waals surface area contributed by atoms with E-state index in [4.69, 9.17) is 4.74 Å². The molecule has 0 aliphatic heterocycles. The van der Waals surface area contributed by atoms with E-state index in [1.54, 1.807) is 0 Å². The summed E-state index contributed by atoms with van der Waals surface area (Å²) in [7, 11) is 0. The predicted molar refractivity (Wildman–Crippen MR) is 86.1 cm³/mol. The van der Waals surface area contributed by atoms with Crippen molar-refractivity contribution >= 4 is 22.6 Å². The van der Waals surface area contributed by atoms with Crippen LogP contribution < -0.4 is 10.1 Å². The molecule has 1 amide bonds. The Balaban J connectivity index is 1.64. The number of para-hydroxylation sites is 1. The molecule has 3 rings (SSSR count). The molecule has 0 spiro atoms. The van der Waals surface area contributed by atoms with E-state index >= 15 is 0 Å². The highest BCUT2D eigenvalue weighted by Gasteiger charge is 2.07. The number of aryl methyl sites for hydroxylation is 2. The zero-order valence-corrected chi connectivity index (χ0v) is 12.5. The normalized spacial score (nSPS) is 10.6. The quantitative estimate of drug-likeness (QED) is 0.776. The summed E-state index contributed by atoms with van der Waals surface area (Å²) in [6.45, 7) is 3.82. The van der Waals surface area contributed by atoms with Crippen molar-refractivity contribution in [3.8, 4) is 5.75 Å². The van der Waals surface area contributed by atoms with E-state index in [0.29, 0.717) is 0 Å². The number of carbonyl (C=O) groups is 1. The first-order chi connectivity index (χ1) is 10.6. The maximum atomic E-state index is 12.0. The smallest absolute Gasteiger partial charge is 0.262 e.